The SMILES string of the molecule is CC(C(=O)N1CCc2ccccc2C1)C(N)c1ccccc1.Cl. The predicted molar refractivity (Wildman–Crippen MR) is 95.3 cm³/mol. The molecule has 0 saturated heterocycles. The molecule has 3 rings (SSSR count). The Balaban J connectivity index is 0.00000192. The van der Waals surface area contributed by atoms with Crippen LogP contribution in [0, 0.1) is 5.92 Å². The molecule has 1 aliphatic heterocycles. The summed E-state index contributed by atoms with van der Waals surface area (Å²) in [6, 6.07) is 18.0. The zero-order valence-electron chi connectivity index (χ0n) is 13.3. The summed E-state index contributed by atoms with van der Waals surface area (Å²) < 4.78 is 0. The van der Waals surface area contributed by atoms with E-state index in [4.69, 9.17) is 5.73 Å². The summed E-state index contributed by atoms with van der Waals surface area (Å²) in [4.78, 5) is 14.7. The molecule has 0 aliphatic carbocycles. The molecule has 4 heteroatoms. The van der Waals surface area contributed by atoms with Crippen molar-refractivity contribution in [1.29, 1.82) is 0 Å². The molecule has 2 N–H and O–H groups in total. The van der Waals surface area contributed by atoms with Gasteiger partial charge in [-0.25, -0.2) is 0 Å². The van der Waals surface area contributed by atoms with E-state index in [0.717, 1.165) is 18.5 Å². The number of halogens is 1. The van der Waals surface area contributed by atoms with Gasteiger partial charge in [0.15, 0.2) is 0 Å². The highest BCUT2D eigenvalue weighted by atomic mass is 35.5. The second kappa shape index (κ2) is 7.62. The molecule has 0 radical (unpaired) electrons. The molecule has 0 aromatic heterocycles. The average molecular weight is 331 g/mol. The Bertz CT molecular complexity index is 655. The lowest BCUT2D eigenvalue weighted by molar-refractivity contribution is -0.136. The summed E-state index contributed by atoms with van der Waals surface area (Å²) in [5, 5.41) is 0. The van der Waals surface area contributed by atoms with Crippen LogP contribution in [0.15, 0.2) is 54.6 Å². The van der Waals surface area contributed by atoms with Gasteiger partial charge in [-0.05, 0) is 23.1 Å². The molecule has 0 bridgehead atoms. The number of hydrogen-bond donors (Lipinski definition) is 1. The van der Waals surface area contributed by atoms with Crippen LogP contribution in [0.4, 0.5) is 0 Å². The fourth-order valence-electron chi connectivity index (χ4n) is 3.09. The summed E-state index contributed by atoms with van der Waals surface area (Å²) >= 11 is 0. The van der Waals surface area contributed by atoms with Gasteiger partial charge in [0.1, 0.15) is 0 Å². The molecule has 122 valence electrons. The summed E-state index contributed by atoms with van der Waals surface area (Å²) in [6.45, 7) is 3.41. The van der Waals surface area contributed by atoms with Gasteiger partial charge in [0.2, 0.25) is 5.91 Å². The number of amides is 1. The molecule has 3 nitrogen and oxygen atoms in total. The molecule has 0 fully saturated rings. The Morgan fingerprint density at radius 2 is 1.65 bits per heavy atom. The van der Waals surface area contributed by atoms with Crippen LogP contribution < -0.4 is 5.73 Å². The first kappa shape index (κ1) is 17.5. The molecule has 2 aromatic carbocycles. The Hall–Kier alpha value is -1.84. The van der Waals surface area contributed by atoms with Gasteiger partial charge in [-0.15, -0.1) is 12.4 Å². The van der Waals surface area contributed by atoms with Crippen LogP contribution in [-0.4, -0.2) is 17.4 Å². The van der Waals surface area contributed by atoms with Crippen LogP contribution in [0.5, 0.6) is 0 Å². The maximum atomic E-state index is 12.8. The van der Waals surface area contributed by atoms with Crippen molar-refractivity contribution in [2.75, 3.05) is 6.54 Å². The van der Waals surface area contributed by atoms with E-state index in [9.17, 15) is 4.79 Å². The van der Waals surface area contributed by atoms with Gasteiger partial charge >= 0.3 is 0 Å². The van der Waals surface area contributed by atoms with E-state index in [0.29, 0.717) is 6.54 Å². The van der Waals surface area contributed by atoms with Crippen LogP contribution in [0.3, 0.4) is 0 Å². The van der Waals surface area contributed by atoms with Crippen molar-refractivity contribution in [1.82, 2.24) is 4.90 Å². The van der Waals surface area contributed by atoms with Crippen molar-refractivity contribution in [3.63, 3.8) is 0 Å². The van der Waals surface area contributed by atoms with Crippen LogP contribution >= 0.6 is 12.4 Å². The van der Waals surface area contributed by atoms with Crippen LogP contribution in [0.1, 0.15) is 29.7 Å². The lowest BCUT2D eigenvalue weighted by Crippen LogP contribution is -2.42. The molecule has 1 heterocycles. The Morgan fingerprint density at radius 1 is 1.04 bits per heavy atom. The van der Waals surface area contributed by atoms with E-state index >= 15 is 0 Å². The van der Waals surface area contributed by atoms with Crippen molar-refractivity contribution in [2.24, 2.45) is 11.7 Å². The first-order valence-corrected chi connectivity index (χ1v) is 7.83. The number of benzene rings is 2. The normalized spacial score (nSPS) is 16.0. The van der Waals surface area contributed by atoms with Crippen molar-refractivity contribution in [3.8, 4) is 0 Å². The minimum Gasteiger partial charge on any atom is -0.338 e. The van der Waals surface area contributed by atoms with Gasteiger partial charge in [0, 0.05) is 19.1 Å². The van der Waals surface area contributed by atoms with Gasteiger partial charge < -0.3 is 10.6 Å². The van der Waals surface area contributed by atoms with Crippen LogP contribution in [-0.2, 0) is 17.8 Å². The maximum Gasteiger partial charge on any atom is 0.227 e. The number of carbonyl (C=O) groups is 1. The fraction of sp³-hybridized carbons (Fsp3) is 0.316. The van der Waals surface area contributed by atoms with Crippen molar-refractivity contribution >= 4 is 18.3 Å². The molecule has 2 atom stereocenters. The molecule has 1 aliphatic rings. The molecule has 1 amide bonds. The highest BCUT2D eigenvalue weighted by Gasteiger charge is 2.28. The molecular weight excluding hydrogens is 308 g/mol. The summed E-state index contributed by atoms with van der Waals surface area (Å²) in [6.07, 6.45) is 0.926. The second-order valence-electron chi connectivity index (χ2n) is 6.00. The highest BCUT2D eigenvalue weighted by Crippen LogP contribution is 2.25. The fourth-order valence-corrected chi connectivity index (χ4v) is 3.09. The third-order valence-electron chi connectivity index (χ3n) is 4.55. The largest absolute Gasteiger partial charge is 0.338 e. The standard InChI is InChI=1S/C19H22N2O.ClH/c1-14(18(20)16-8-3-2-4-9-16)19(22)21-12-11-15-7-5-6-10-17(15)13-21;/h2-10,14,18H,11-13,20H2,1H3;1H. The minimum atomic E-state index is -0.258. The molecule has 0 spiro atoms. The average Bonchev–Trinajstić information content (AvgIpc) is 2.60. The van der Waals surface area contributed by atoms with Gasteiger partial charge in [-0.3, -0.25) is 4.79 Å². The van der Waals surface area contributed by atoms with Gasteiger partial charge in [-0.2, -0.15) is 0 Å². The maximum absolute atomic E-state index is 12.8. The molecule has 23 heavy (non-hydrogen) atoms. The number of nitrogens with two attached hydrogens (primary N) is 1. The number of carbonyl (C=O) groups excluding carboxylic acids is 1. The Morgan fingerprint density at radius 3 is 2.35 bits per heavy atom. The smallest absolute Gasteiger partial charge is 0.227 e. The quantitative estimate of drug-likeness (QED) is 0.938. The van der Waals surface area contributed by atoms with Crippen molar-refractivity contribution in [3.05, 3.63) is 71.3 Å². The third kappa shape index (κ3) is 3.74. The number of nitrogens with zero attached hydrogens (tertiary/aromatic N) is 1. The number of hydrogen-bond acceptors (Lipinski definition) is 2. The van der Waals surface area contributed by atoms with E-state index in [-0.39, 0.29) is 30.3 Å². The zero-order chi connectivity index (χ0) is 15.5. The van der Waals surface area contributed by atoms with E-state index in [1.54, 1.807) is 0 Å². The monoisotopic (exact) mass is 330 g/mol. The first-order valence-electron chi connectivity index (χ1n) is 7.83. The van der Waals surface area contributed by atoms with Crippen LogP contribution in [0.2, 0.25) is 0 Å². The Kier molecular flexibility index (Phi) is 5.80. The third-order valence-corrected chi connectivity index (χ3v) is 4.55. The molecule has 0 saturated carbocycles. The molecule has 2 aromatic rings. The number of rotatable bonds is 3. The lowest BCUT2D eigenvalue weighted by Gasteiger charge is -2.32. The van der Waals surface area contributed by atoms with E-state index in [1.165, 1.54) is 11.1 Å². The van der Waals surface area contributed by atoms with Crippen molar-refractivity contribution < 1.29 is 4.79 Å². The highest BCUT2D eigenvalue weighted by molar-refractivity contribution is 5.85. The minimum absolute atomic E-state index is 0. The van der Waals surface area contributed by atoms with Gasteiger partial charge in [-0.1, -0.05) is 61.5 Å². The first-order chi connectivity index (χ1) is 10.7. The van der Waals surface area contributed by atoms with Gasteiger partial charge in [0.05, 0.1) is 5.92 Å². The van der Waals surface area contributed by atoms with E-state index in [1.807, 2.05) is 48.2 Å². The van der Waals surface area contributed by atoms with E-state index in [2.05, 4.69) is 18.2 Å². The van der Waals surface area contributed by atoms with E-state index < -0.39 is 0 Å². The topological polar surface area (TPSA) is 46.3 Å². The second-order valence-corrected chi connectivity index (χ2v) is 6.00. The van der Waals surface area contributed by atoms with Gasteiger partial charge in [0.25, 0.3) is 0 Å². The summed E-state index contributed by atoms with van der Waals surface area (Å²) in [5.74, 6) is -0.0708. The summed E-state index contributed by atoms with van der Waals surface area (Å²) in [5.41, 5.74) is 9.91. The molecule has 2 unspecified atom stereocenters. The van der Waals surface area contributed by atoms with Crippen molar-refractivity contribution in [2.45, 2.75) is 25.9 Å². The summed E-state index contributed by atoms with van der Waals surface area (Å²) in [7, 11) is 0. The predicted octanol–water partition coefficient (Wildman–Crippen LogP) is 3.33. The number of fused-ring (bicyclic) bond motifs is 1. The zero-order valence-corrected chi connectivity index (χ0v) is 14.1. The Labute approximate surface area is 143 Å². The lowest BCUT2D eigenvalue weighted by atomic mass is 9.92. The van der Waals surface area contributed by atoms with Crippen LogP contribution in [0.25, 0.3) is 0 Å². The molecular formula is C19H23ClN2O.